The van der Waals surface area contributed by atoms with Gasteiger partial charge in [0.25, 0.3) is 0 Å². The summed E-state index contributed by atoms with van der Waals surface area (Å²) in [5.74, 6) is 0.827. The van der Waals surface area contributed by atoms with Crippen LogP contribution in [0, 0.1) is 0 Å². The summed E-state index contributed by atoms with van der Waals surface area (Å²) < 4.78 is 5.70. The van der Waals surface area contributed by atoms with Crippen LogP contribution in [0.1, 0.15) is 23.5 Å². The van der Waals surface area contributed by atoms with Crippen LogP contribution in [0.15, 0.2) is 71.5 Å². The number of anilines is 1. The van der Waals surface area contributed by atoms with Gasteiger partial charge in [0.05, 0.1) is 18.0 Å². The molecule has 3 heterocycles. The summed E-state index contributed by atoms with van der Waals surface area (Å²) in [6, 6.07) is 17.1. The van der Waals surface area contributed by atoms with Gasteiger partial charge in [-0.3, -0.25) is 4.98 Å². The minimum absolute atomic E-state index is 0.0967. The van der Waals surface area contributed by atoms with Gasteiger partial charge < -0.3 is 14.6 Å². The third kappa shape index (κ3) is 2.66. The molecule has 0 aliphatic carbocycles. The van der Waals surface area contributed by atoms with Gasteiger partial charge in [-0.15, -0.1) is 0 Å². The van der Waals surface area contributed by atoms with Gasteiger partial charge in [0.2, 0.25) is 0 Å². The average Bonchev–Trinajstić information content (AvgIpc) is 3.24. The molecule has 1 fully saturated rings. The Bertz CT molecular complexity index is 836. The number of thiocarbonyl (C=S) groups is 1. The number of pyridine rings is 1. The highest BCUT2D eigenvalue weighted by atomic mass is 35.5. The molecule has 2 atom stereocenters. The van der Waals surface area contributed by atoms with Gasteiger partial charge in [0.1, 0.15) is 11.8 Å². The fourth-order valence-electron chi connectivity index (χ4n) is 2.98. The molecule has 1 aliphatic rings. The fourth-order valence-corrected chi connectivity index (χ4v) is 3.46. The largest absolute Gasteiger partial charge is 0.467 e. The quantitative estimate of drug-likeness (QED) is 0.700. The topological polar surface area (TPSA) is 41.3 Å². The van der Waals surface area contributed by atoms with Crippen LogP contribution >= 0.6 is 23.8 Å². The number of nitrogens with zero attached hydrogens (tertiary/aromatic N) is 2. The van der Waals surface area contributed by atoms with E-state index >= 15 is 0 Å². The predicted molar refractivity (Wildman–Crippen MR) is 98.1 cm³/mol. The zero-order valence-electron chi connectivity index (χ0n) is 12.6. The summed E-state index contributed by atoms with van der Waals surface area (Å²) in [4.78, 5) is 6.53. The number of hydrogen-bond donors (Lipinski definition) is 1. The van der Waals surface area contributed by atoms with Crippen molar-refractivity contribution in [3.8, 4) is 0 Å². The van der Waals surface area contributed by atoms with Crippen molar-refractivity contribution in [1.82, 2.24) is 10.3 Å². The fraction of sp³-hybridized carbons (Fsp3) is 0.111. The smallest absolute Gasteiger partial charge is 0.174 e. The van der Waals surface area contributed by atoms with Gasteiger partial charge >= 0.3 is 0 Å². The van der Waals surface area contributed by atoms with Gasteiger partial charge in [-0.05, 0) is 60.7 Å². The zero-order valence-corrected chi connectivity index (χ0v) is 14.2. The summed E-state index contributed by atoms with van der Waals surface area (Å²) in [6.45, 7) is 0. The van der Waals surface area contributed by atoms with E-state index in [0.717, 1.165) is 17.1 Å². The number of rotatable bonds is 3. The third-order valence-electron chi connectivity index (χ3n) is 4.04. The second kappa shape index (κ2) is 6.26. The van der Waals surface area contributed by atoms with Crippen molar-refractivity contribution < 1.29 is 4.42 Å². The Balaban J connectivity index is 1.80. The average molecular weight is 356 g/mol. The number of hydrogen-bond acceptors (Lipinski definition) is 3. The number of aromatic nitrogens is 1. The summed E-state index contributed by atoms with van der Waals surface area (Å²) in [5.41, 5.74) is 1.87. The van der Waals surface area contributed by atoms with E-state index in [1.807, 2.05) is 59.5 Å². The number of halogens is 1. The van der Waals surface area contributed by atoms with Crippen molar-refractivity contribution in [1.29, 1.82) is 0 Å². The Kier molecular flexibility index (Phi) is 3.96. The lowest BCUT2D eigenvalue weighted by molar-refractivity contribution is 0.432. The molecule has 6 heteroatoms. The number of benzene rings is 1. The van der Waals surface area contributed by atoms with E-state index in [9.17, 15) is 0 Å². The second-order valence-electron chi connectivity index (χ2n) is 5.49. The maximum Gasteiger partial charge on any atom is 0.174 e. The molecule has 24 heavy (non-hydrogen) atoms. The Morgan fingerprint density at radius 2 is 1.92 bits per heavy atom. The highest BCUT2D eigenvalue weighted by Gasteiger charge is 2.42. The molecule has 0 spiro atoms. The zero-order chi connectivity index (χ0) is 16.5. The number of furan rings is 1. The molecule has 120 valence electrons. The van der Waals surface area contributed by atoms with E-state index in [4.69, 9.17) is 28.2 Å². The molecule has 4 rings (SSSR count). The van der Waals surface area contributed by atoms with Crippen molar-refractivity contribution in [3.63, 3.8) is 0 Å². The molecule has 0 amide bonds. The Labute approximate surface area is 150 Å². The van der Waals surface area contributed by atoms with Gasteiger partial charge in [0.15, 0.2) is 5.11 Å². The van der Waals surface area contributed by atoms with Gasteiger partial charge in [0, 0.05) is 16.9 Å². The van der Waals surface area contributed by atoms with Gasteiger partial charge in [-0.1, -0.05) is 17.7 Å². The van der Waals surface area contributed by atoms with Crippen molar-refractivity contribution in [3.05, 3.63) is 83.5 Å². The highest BCUT2D eigenvalue weighted by Crippen LogP contribution is 2.41. The predicted octanol–water partition coefficient (Wildman–Crippen LogP) is 4.51. The molecule has 4 nitrogen and oxygen atoms in total. The SMILES string of the molecule is S=C1N[C@H](c2ccccn2)[C@H](c2ccco2)N1c1ccc(Cl)cc1. The molecular weight excluding hydrogens is 342 g/mol. The maximum atomic E-state index is 6.02. The van der Waals surface area contributed by atoms with E-state index in [0.29, 0.717) is 10.1 Å². The molecule has 1 aliphatic heterocycles. The van der Waals surface area contributed by atoms with Gasteiger partial charge in [-0.2, -0.15) is 0 Å². The first-order valence-electron chi connectivity index (χ1n) is 7.53. The third-order valence-corrected chi connectivity index (χ3v) is 4.60. The Hall–Kier alpha value is -2.37. The monoisotopic (exact) mass is 355 g/mol. The molecule has 0 unspecified atom stereocenters. The first-order chi connectivity index (χ1) is 11.7. The van der Waals surface area contributed by atoms with Crippen molar-refractivity contribution >= 4 is 34.6 Å². The first kappa shape index (κ1) is 15.2. The van der Waals surface area contributed by atoms with Crippen LogP contribution in [-0.2, 0) is 0 Å². The van der Waals surface area contributed by atoms with Crippen LogP contribution in [0.5, 0.6) is 0 Å². The van der Waals surface area contributed by atoms with E-state index < -0.39 is 0 Å². The molecule has 0 saturated carbocycles. The van der Waals surface area contributed by atoms with E-state index in [1.54, 1.807) is 12.5 Å². The van der Waals surface area contributed by atoms with Crippen LogP contribution in [-0.4, -0.2) is 10.1 Å². The van der Waals surface area contributed by atoms with Crippen LogP contribution in [0.3, 0.4) is 0 Å². The van der Waals surface area contributed by atoms with Crippen molar-refractivity contribution in [2.24, 2.45) is 0 Å². The lowest BCUT2D eigenvalue weighted by Gasteiger charge is -2.26. The van der Waals surface area contributed by atoms with Crippen molar-refractivity contribution in [2.45, 2.75) is 12.1 Å². The molecular formula is C18H14ClN3OS. The molecule has 1 saturated heterocycles. The number of nitrogens with one attached hydrogen (secondary N) is 1. The summed E-state index contributed by atoms with van der Waals surface area (Å²) in [6.07, 6.45) is 3.45. The minimum Gasteiger partial charge on any atom is -0.467 e. The van der Waals surface area contributed by atoms with Crippen LogP contribution in [0.2, 0.25) is 5.02 Å². The minimum atomic E-state index is -0.122. The molecule has 3 aromatic rings. The Morgan fingerprint density at radius 1 is 1.08 bits per heavy atom. The molecule has 0 radical (unpaired) electrons. The van der Waals surface area contributed by atoms with E-state index in [2.05, 4.69) is 10.3 Å². The van der Waals surface area contributed by atoms with Crippen LogP contribution in [0.25, 0.3) is 0 Å². The standard InChI is InChI=1S/C18H14ClN3OS/c19-12-6-8-13(9-7-12)22-17(15-5-3-11-23-15)16(21-18(22)24)14-4-1-2-10-20-14/h1-11,16-17H,(H,21,24)/t16-,17+/m1/s1. The van der Waals surface area contributed by atoms with Crippen LogP contribution in [0.4, 0.5) is 5.69 Å². The lowest BCUT2D eigenvalue weighted by Crippen LogP contribution is -2.29. The van der Waals surface area contributed by atoms with E-state index in [1.165, 1.54) is 0 Å². The van der Waals surface area contributed by atoms with E-state index in [-0.39, 0.29) is 12.1 Å². The highest BCUT2D eigenvalue weighted by molar-refractivity contribution is 7.80. The van der Waals surface area contributed by atoms with Crippen molar-refractivity contribution in [2.75, 3.05) is 4.90 Å². The summed E-state index contributed by atoms with van der Waals surface area (Å²) >= 11 is 11.6. The molecule has 1 aromatic carbocycles. The molecule has 0 bridgehead atoms. The summed E-state index contributed by atoms with van der Waals surface area (Å²) in [5, 5.41) is 4.69. The Morgan fingerprint density at radius 3 is 2.58 bits per heavy atom. The maximum absolute atomic E-state index is 6.02. The molecule has 1 N–H and O–H groups in total. The normalized spacial score (nSPS) is 20.2. The van der Waals surface area contributed by atoms with Gasteiger partial charge in [-0.25, -0.2) is 0 Å². The lowest BCUT2D eigenvalue weighted by atomic mass is 10.0. The second-order valence-corrected chi connectivity index (χ2v) is 6.31. The molecule has 2 aromatic heterocycles. The van der Waals surface area contributed by atoms with Crippen LogP contribution < -0.4 is 10.2 Å². The first-order valence-corrected chi connectivity index (χ1v) is 8.32. The summed E-state index contributed by atoms with van der Waals surface area (Å²) in [7, 11) is 0.